The van der Waals surface area contributed by atoms with Crippen LogP contribution in [-0.2, 0) is 0 Å². The molecule has 106 valence electrons. The van der Waals surface area contributed by atoms with Crippen LogP contribution in [0.1, 0.15) is 32.1 Å². The number of anilines is 1. The molecule has 0 unspecified atom stereocenters. The summed E-state index contributed by atoms with van der Waals surface area (Å²) in [7, 11) is 1.62. The molecule has 0 heterocycles. The molecule has 2 N–H and O–H groups in total. The molecular weight excluding hydrogens is 242 g/mol. The third-order valence-electron chi connectivity index (χ3n) is 3.49. The molecule has 0 atom stereocenters. The van der Waals surface area contributed by atoms with Gasteiger partial charge in [0.1, 0.15) is 6.61 Å². The summed E-state index contributed by atoms with van der Waals surface area (Å²) < 4.78 is 10.7. The van der Waals surface area contributed by atoms with Gasteiger partial charge in [0.25, 0.3) is 0 Å². The summed E-state index contributed by atoms with van der Waals surface area (Å²) in [5.74, 6) is 1.38. The van der Waals surface area contributed by atoms with E-state index in [9.17, 15) is 0 Å². The number of nitrogens with one attached hydrogen (secondary N) is 1. The zero-order valence-electron chi connectivity index (χ0n) is 11.5. The molecule has 4 nitrogen and oxygen atoms in total. The first-order valence-electron chi connectivity index (χ1n) is 7.01. The maximum Gasteiger partial charge on any atom is 0.163 e. The van der Waals surface area contributed by atoms with E-state index in [1.54, 1.807) is 7.11 Å². The predicted molar refractivity (Wildman–Crippen MR) is 76.1 cm³/mol. The van der Waals surface area contributed by atoms with Crippen molar-refractivity contribution < 1.29 is 14.6 Å². The molecule has 0 radical (unpaired) electrons. The van der Waals surface area contributed by atoms with E-state index in [4.69, 9.17) is 14.6 Å². The lowest BCUT2D eigenvalue weighted by Crippen LogP contribution is -2.22. The van der Waals surface area contributed by atoms with Crippen LogP contribution >= 0.6 is 0 Å². The predicted octanol–water partition coefficient (Wildman–Crippen LogP) is 2.81. The Hall–Kier alpha value is -1.42. The highest BCUT2D eigenvalue weighted by molar-refractivity contribution is 5.55. The summed E-state index contributed by atoms with van der Waals surface area (Å²) in [6, 6.07) is 6.42. The maximum atomic E-state index is 8.84. The van der Waals surface area contributed by atoms with Gasteiger partial charge in [0.15, 0.2) is 11.5 Å². The largest absolute Gasteiger partial charge is 0.493 e. The van der Waals surface area contributed by atoms with Gasteiger partial charge >= 0.3 is 0 Å². The fourth-order valence-electron chi connectivity index (χ4n) is 2.52. The van der Waals surface area contributed by atoms with Crippen LogP contribution in [-0.4, -0.2) is 31.5 Å². The molecular formula is C15H23NO3. The smallest absolute Gasteiger partial charge is 0.163 e. The quantitative estimate of drug-likeness (QED) is 0.830. The average Bonchev–Trinajstić information content (AvgIpc) is 2.46. The molecule has 1 aliphatic rings. The van der Waals surface area contributed by atoms with E-state index in [1.165, 1.54) is 32.1 Å². The normalized spacial score (nSPS) is 16.1. The summed E-state index contributed by atoms with van der Waals surface area (Å²) in [5, 5.41) is 12.4. The lowest BCUT2D eigenvalue weighted by molar-refractivity contribution is 0.196. The van der Waals surface area contributed by atoms with Crippen molar-refractivity contribution in [2.45, 2.75) is 38.1 Å². The summed E-state index contributed by atoms with van der Waals surface area (Å²) >= 11 is 0. The Morgan fingerprint density at radius 2 is 2.00 bits per heavy atom. The highest BCUT2D eigenvalue weighted by atomic mass is 16.5. The van der Waals surface area contributed by atoms with E-state index in [2.05, 4.69) is 5.32 Å². The van der Waals surface area contributed by atoms with Gasteiger partial charge < -0.3 is 19.9 Å². The molecule has 0 amide bonds. The number of hydrogen-bond donors (Lipinski definition) is 2. The average molecular weight is 265 g/mol. The number of ether oxygens (including phenoxy) is 2. The number of rotatable bonds is 6. The number of aliphatic hydroxyl groups is 1. The molecule has 1 aliphatic carbocycles. The molecule has 0 saturated heterocycles. The fraction of sp³-hybridized carbons (Fsp3) is 0.600. The van der Waals surface area contributed by atoms with E-state index in [0.717, 1.165) is 5.69 Å². The van der Waals surface area contributed by atoms with E-state index in [-0.39, 0.29) is 13.2 Å². The van der Waals surface area contributed by atoms with Crippen molar-refractivity contribution in [1.29, 1.82) is 0 Å². The minimum Gasteiger partial charge on any atom is -0.493 e. The number of benzene rings is 1. The molecule has 0 spiro atoms. The van der Waals surface area contributed by atoms with Gasteiger partial charge in [-0.05, 0) is 25.0 Å². The van der Waals surface area contributed by atoms with Crippen LogP contribution in [0.25, 0.3) is 0 Å². The Morgan fingerprint density at radius 3 is 2.68 bits per heavy atom. The van der Waals surface area contributed by atoms with Crippen molar-refractivity contribution in [1.82, 2.24) is 0 Å². The fourth-order valence-corrected chi connectivity index (χ4v) is 2.52. The van der Waals surface area contributed by atoms with Gasteiger partial charge in [-0.3, -0.25) is 0 Å². The molecule has 1 saturated carbocycles. The molecule has 1 aromatic carbocycles. The highest BCUT2D eigenvalue weighted by Gasteiger charge is 2.14. The lowest BCUT2D eigenvalue weighted by Gasteiger charge is -2.24. The van der Waals surface area contributed by atoms with Crippen molar-refractivity contribution in [3.63, 3.8) is 0 Å². The Morgan fingerprint density at radius 1 is 1.21 bits per heavy atom. The summed E-state index contributed by atoms with van der Waals surface area (Å²) in [4.78, 5) is 0. The van der Waals surface area contributed by atoms with Crippen LogP contribution in [0.3, 0.4) is 0 Å². The lowest BCUT2D eigenvalue weighted by atomic mass is 9.95. The summed E-state index contributed by atoms with van der Waals surface area (Å²) in [6.07, 6.45) is 6.44. The van der Waals surface area contributed by atoms with Gasteiger partial charge in [0, 0.05) is 17.8 Å². The molecule has 4 heteroatoms. The Bertz CT molecular complexity index is 389. The molecule has 1 aromatic rings. The van der Waals surface area contributed by atoms with Gasteiger partial charge in [-0.25, -0.2) is 0 Å². The molecule has 1 fully saturated rings. The molecule has 0 aromatic heterocycles. The van der Waals surface area contributed by atoms with Gasteiger partial charge in [0.2, 0.25) is 0 Å². The first kappa shape index (κ1) is 14.0. The third kappa shape index (κ3) is 4.03. The molecule has 19 heavy (non-hydrogen) atoms. The van der Waals surface area contributed by atoms with Gasteiger partial charge in [0.05, 0.1) is 13.7 Å². The Balaban J connectivity index is 2.03. The zero-order chi connectivity index (χ0) is 13.5. The van der Waals surface area contributed by atoms with Crippen molar-refractivity contribution in [3.8, 4) is 11.5 Å². The van der Waals surface area contributed by atoms with E-state index in [1.807, 2.05) is 18.2 Å². The van der Waals surface area contributed by atoms with Crippen LogP contribution in [0.4, 0.5) is 5.69 Å². The highest BCUT2D eigenvalue weighted by Crippen LogP contribution is 2.31. The topological polar surface area (TPSA) is 50.7 Å². The summed E-state index contributed by atoms with van der Waals surface area (Å²) in [5.41, 5.74) is 1.06. The van der Waals surface area contributed by atoms with Crippen molar-refractivity contribution in [2.24, 2.45) is 0 Å². The molecule has 2 rings (SSSR count). The number of aliphatic hydroxyl groups excluding tert-OH is 1. The first-order chi connectivity index (χ1) is 9.33. The van der Waals surface area contributed by atoms with E-state index < -0.39 is 0 Å². The second kappa shape index (κ2) is 7.24. The third-order valence-corrected chi connectivity index (χ3v) is 3.49. The minimum absolute atomic E-state index is 0.00341. The second-order valence-electron chi connectivity index (χ2n) is 4.92. The van der Waals surface area contributed by atoms with Crippen LogP contribution in [0.15, 0.2) is 18.2 Å². The Kier molecular flexibility index (Phi) is 5.33. The van der Waals surface area contributed by atoms with Crippen LogP contribution < -0.4 is 14.8 Å². The van der Waals surface area contributed by atoms with Crippen LogP contribution in [0.2, 0.25) is 0 Å². The monoisotopic (exact) mass is 265 g/mol. The molecule has 0 bridgehead atoms. The van der Waals surface area contributed by atoms with Gasteiger partial charge in [-0.2, -0.15) is 0 Å². The first-order valence-corrected chi connectivity index (χ1v) is 7.01. The Labute approximate surface area is 114 Å². The van der Waals surface area contributed by atoms with Crippen molar-refractivity contribution in [3.05, 3.63) is 18.2 Å². The number of methoxy groups -OCH3 is 1. The van der Waals surface area contributed by atoms with Gasteiger partial charge in [-0.15, -0.1) is 0 Å². The van der Waals surface area contributed by atoms with Gasteiger partial charge in [-0.1, -0.05) is 19.3 Å². The molecule has 0 aliphatic heterocycles. The van der Waals surface area contributed by atoms with E-state index >= 15 is 0 Å². The van der Waals surface area contributed by atoms with E-state index in [0.29, 0.717) is 17.5 Å². The van der Waals surface area contributed by atoms with Crippen LogP contribution in [0, 0.1) is 0 Å². The van der Waals surface area contributed by atoms with Crippen molar-refractivity contribution in [2.75, 3.05) is 25.6 Å². The number of hydrogen-bond acceptors (Lipinski definition) is 4. The minimum atomic E-state index is 0.00341. The van der Waals surface area contributed by atoms with Crippen molar-refractivity contribution >= 4 is 5.69 Å². The SMILES string of the molecule is COc1ccc(NC2CCCCC2)cc1OCCO. The summed E-state index contributed by atoms with van der Waals surface area (Å²) in [6.45, 7) is 0.284. The maximum absolute atomic E-state index is 8.84. The standard InChI is InChI=1S/C15H23NO3/c1-18-14-8-7-13(11-15(14)19-10-9-17)16-12-5-3-2-4-6-12/h7-8,11-12,16-17H,2-6,9-10H2,1H3. The zero-order valence-corrected chi connectivity index (χ0v) is 11.5. The van der Waals surface area contributed by atoms with Crippen LogP contribution in [0.5, 0.6) is 11.5 Å². The second-order valence-corrected chi connectivity index (χ2v) is 4.92.